The average Bonchev–Trinajstić information content (AvgIpc) is 3.06. The van der Waals surface area contributed by atoms with Gasteiger partial charge in [-0.3, -0.25) is 4.79 Å². The molecule has 0 spiro atoms. The highest BCUT2D eigenvalue weighted by Gasteiger charge is 2.45. The van der Waals surface area contributed by atoms with E-state index in [2.05, 4.69) is 60.1 Å². The molecule has 0 unspecified atom stereocenters. The van der Waals surface area contributed by atoms with E-state index in [9.17, 15) is 10.1 Å². The Morgan fingerprint density at radius 3 is 2.61 bits per heavy atom. The van der Waals surface area contributed by atoms with Crippen LogP contribution in [0.2, 0.25) is 0 Å². The molecule has 0 atom stereocenters. The van der Waals surface area contributed by atoms with Crippen molar-refractivity contribution in [1.82, 2.24) is 0 Å². The van der Waals surface area contributed by atoms with Gasteiger partial charge in [0.1, 0.15) is 12.7 Å². The largest absolute Gasteiger partial charge is 0.461 e. The van der Waals surface area contributed by atoms with Crippen molar-refractivity contribution < 1.29 is 14.1 Å². The number of ether oxygens (including phenoxy) is 1. The summed E-state index contributed by atoms with van der Waals surface area (Å²) in [6, 6.07) is 24.6. The van der Waals surface area contributed by atoms with Crippen LogP contribution in [0.25, 0.3) is 10.8 Å². The summed E-state index contributed by atoms with van der Waals surface area (Å²) >= 11 is 0. The van der Waals surface area contributed by atoms with E-state index in [1.807, 2.05) is 48.6 Å². The molecule has 0 amide bonds. The van der Waals surface area contributed by atoms with Gasteiger partial charge in [0.25, 0.3) is 6.47 Å². The van der Waals surface area contributed by atoms with E-state index in [1.165, 1.54) is 16.3 Å². The Morgan fingerprint density at radius 2 is 1.85 bits per heavy atom. The third-order valence-electron chi connectivity index (χ3n) is 5.97. The van der Waals surface area contributed by atoms with Crippen LogP contribution in [0.15, 0.2) is 90.7 Å². The first kappa shape index (κ1) is 22.0. The Bertz CT molecular complexity index is 1310. The number of carbonyl (C=O) groups excluding carboxylic acids is 1. The molecule has 4 rings (SSSR count). The number of nitriles is 1. The summed E-state index contributed by atoms with van der Waals surface area (Å²) in [5.74, 6) is 0. The first-order chi connectivity index (χ1) is 16.1. The predicted octanol–water partition coefficient (Wildman–Crippen LogP) is 5.46. The highest BCUT2D eigenvalue weighted by atomic mass is 16.5. The van der Waals surface area contributed by atoms with E-state index in [1.54, 1.807) is 6.20 Å². The maximum atomic E-state index is 10.7. The highest BCUT2D eigenvalue weighted by molar-refractivity contribution is 6.07. The van der Waals surface area contributed by atoms with Crippen molar-refractivity contribution >= 4 is 34.3 Å². The lowest BCUT2D eigenvalue weighted by Crippen LogP contribution is -2.29. The SMILES string of the molecule is CC1(C)C(/C=C/C(C#N)=C/Nc2ccccc2)=[N+](CCOC=O)c2ccc3ccccc3c21. The summed E-state index contributed by atoms with van der Waals surface area (Å²) in [6.45, 7) is 5.66. The summed E-state index contributed by atoms with van der Waals surface area (Å²) in [5.41, 5.74) is 4.49. The topological polar surface area (TPSA) is 65.1 Å². The number of carbonyl (C=O) groups is 1. The predicted molar refractivity (Wildman–Crippen MR) is 132 cm³/mol. The molecule has 0 aliphatic carbocycles. The average molecular weight is 437 g/mol. The molecule has 33 heavy (non-hydrogen) atoms. The third kappa shape index (κ3) is 4.42. The molecule has 1 aliphatic heterocycles. The van der Waals surface area contributed by atoms with Gasteiger partial charge < -0.3 is 10.1 Å². The Labute approximate surface area is 193 Å². The molecule has 164 valence electrons. The second-order valence-electron chi connectivity index (χ2n) is 8.36. The molecule has 0 saturated carbocycles. The number of hydrogen-bond donors (Lipinski definition) is 1. The van der Waals surface area contributed by atoms with Crippen molar-refractivity contribution in [3.05, 3.63) is 96.2 Å². The smallest absolute Gasteiger partial charge is 0.293 e. The zero-order valence-corrected chi connectivity index (χ0v) is 18.8. The van der Waals surface area contributed by atoms with Gasteiger partial charge in [-0.25, -0.2) is 0 Å². The number of hydrogen-bond acceptors (Lipinski definition) is 4. The standard InChI is InChI=1S/C28H25N3O2/c1-28(2)26(15-12-21(18-29)19-30-23-9-4-3-5-10-23)31(16-17-33-20-32)25-14-13-22-8-6-7-11-24(22)27(25)28/h3-15,19-20H,16-17H2,1-2H3/p+1. The molecule has 1 N–H and O–H groups in total. The number of nitrogens with zero attached hydrogens (tertiary/aromatic N) is 2. The second kappa shape index (κ2) is 9.54. The van der Waals surface area contributed by atoms with Crippen LogP contribution in [0.1, 0.15) is 19.4 Å². The molecule has 0 fully saturated rings. The Morgan fingerprint density at radius 1 is 1.09 bits per heavy atom. The third-order valence-corrected chi connectivity index (χ3v) is 5.97. The van der Waals surface area contributed by atoms with Gasteiger partial charge in [-0.05, 0) is 48.9 Å². The van der Waals surface area contributed by atoms with E-state index in [0.717, 1.165) is 17.1 Å². The maximum absolute atomic E-state index is 10.7. The number of allylic oxidation sites excluding steroid dienone is 3. The van der Waals surface area contributed by atoms with Gasteiger partial charge >= 0.3 is 0 Å². The van der Waals surface area contributed by atoms with E-state index < -0.39 is 0 Å². The van der Waals surface area contributed by atoms with E-state index in [4.69, 9.17) is 4.74 Å². The molecule has 5 heteroatoms. The van der Waals surface area contributed by atoms with E-state index in [0.29, 0.717) is 18.6 Å². The number of nitrogens with one attached hydrogen (secondary N) is 1. The van der Waals surface area contributed by atoms with Gasteiger partial charge in [0.2, 0.25) is 5.69 Å². The van der Waals surface area contributed by atoms with Crippen LogP contribution in [0.4, 0.5) is 11.4 Å². The van der Waals surface area contributed by atoms with Crippen LogP contribution in [0.5, 0.6) is 0 Å². The second-order valence-corrected chi connectivity index (χ2v) is 8.36. The van der Waals surface area contributed by atoms with Crippen LogP contribution in [0.3, 0.4) is 0 Å². The Hall–Kier alpha value is -4.17. The number of para-hydroxylation sites is 1. The lowest BCUT2D eigenvalue weighted by molar-refractivity contribution is -0.440. The first-order valence-electron chi connectivity index (χ1n) is 10.9. The molecular weight excluding hydrogens is 410 g/mol. The zero-order chi connectivity index (χ0) is 23.3. The summed E-state index contributed by atoms with van der Waals surface area (Å²) in [5, 5.41) is 15.2. The van der Waals surface area contributed by atoms with E-state index >= 15 is 0 Å². The van der Waals surface area contributed by atoms with Gasteiger partial charge in [-0.1, -0.05) is 42.5 Å². The molecule has 5 nitrogen and oxygen atoms in total. The summed E-state index contributed by atoms with van der Waals surface area (Å²) in [6.07, 6.45) is 5.53. The van der Waals surface area contributed by atoms with Crippen LogP contribution in [-0.2, 0) is 14.9 Å². The molecular formula is C28H26N3O2+. The number of rotatable bonds is 8. The molecule has 3 aromatic carbocycles. The zero-order valence-electron chi connectivity index (χ0n) is 18.8. The summed E-state index contributed by atoms with van der Waals surface area (Å²) in [4.78, 5) is 10.7. The molecule has 1 heterocycles. The minimum atomic E-state index is -0.304. The lowest BCUT2D eigenvalue weighted by atomic mass is 9.79. The van der Waals surface area contributed by atoms with Gasteiger partial charge in [0.15, 0.2) is 12.3 Å². The van der Waals surface area contributed by atoms with Crippen molar-refractivity contribution in [1.29, 1.82) is 5.26 Å². The number of anilines is 1. The molecule has 3 aromatic rings. The summed E-state index contributed by atoms with van der Waals surface area (Å²) < 4.78 is 7.20. The van der Waals surface area contributed by atoms with Crippen LogP contribution in [0, 0.1) is 11.3 Å². The van der Waals surface area contributed by atoms with Crippen molar-refractivity contribution in [3.63, 3.8) is 0 Å². The molecule has 1 aliphatic rings. The fraction of sp³-hybridized carbons (Fsp3) is 0.179. The highest BCUT2D eigenvalue weighted by Crippen LogP contribution is 2.44. The van der Waals surface area contributed by atoms with Gasteiger partial charge in [-0.2, -0.15) is 9.84 Å². The van der Waals surface area contributed by atoms with Crippen molar-refractivity contribution in [2.75, 3.05) is 18.5 Å². The molecule has 0 bridgehead atoms. The normalized spacial score (nSPS) is 14.9. The molecule has 0 radical (unpaired) electrons. The fourth-order valence-corrected chi connectivity index (χ4v) is 4.45. The Balaban J connectivity index is 1.74. The van der Waals surface area contributed by atoms with Gasteiger partial charge in [0, 0.05) is 29.6 Å². The van der Waals surface area contributed by atoms with Gasteiger partial charge in [-0.15, -0.1) is 0 Å². The fourth-order valence-electron chi connectivity index (χ4n) is 4.45. The minimum Gasteiger partial charge on any atom is -0.461 e. The lowest BCUT2D eigenvalue weighted by Gasteiger charge is -2.17. The van der Waals surface area contributed by atoms with Gasteiger partial charge in [0.05, 0.1) is 11.0 Å². The molecule has 0 saturated heterocycles. The van der Waals surface area contributed by atoms with Crippen LogP contribution < -0.4 is 5.32 Å². The monoisotopic (exact) mass is 436 g/mol. The summed E-state index contributed by atoms with van der Waals surface area (Å²) in [7, 11) is 0. The molecule has 0 aromatic heterocycles. The number of benzene rings is 3. The quantitative estimate of drug-likeness (QED) is 0.167. The van der Waals surface area contributed by atoms with E-state index in [-0.39, 0.29) is 12.0 Å². The first-order valence-corrected chi connectivity index (χ1v) is 10.9. The van der Waals surface area contributed by atoms with Crippen molar-refractivity contribution in [2.45, 2.75) is 19.3 Å². The van der Waals surface area contributed by atoms with Crippen molar-refractivity contribution in [3.8, 4) is 6.07 Å². The maximum Gasteiger partial charge on any atom is 0.293 e. The van der Waals surface area contributed by atoms with Crippen LogP contribution in [-0.4, -0.2) is 29.9 Å². The minimum absolute atomic E-state index is 0.277. The Kier molecular flexibility index (Phi) is 6.37. The van der Waals surface area contributed by atoms with Crippen LogP contribution >= 0.6 is 0 Å². The van der Waals surface area contributed by atoms with Crippen molar-refractivity contribution in [2.24, 2.45) is 0 Å². The number of fused-ring (bicyclic) bond motifs is 3.